The van der Waals surface area contributed by atoms with Gasteiger partial charge in [-0.3, -0.25) is 10.1 Å². The molecule has 0 aromatic heterocycles. The van der Waals surface area contributed by atoms with Gasteiger partial charge in [0.15, 0.2) is 12.4 Å². The summed E-state index contributed by atoms with van der Waals surface area (Å²) in [6, 6.07) is 35.2. The van der Waals surface area contributed by atoms with Crippen LogP contribution >= 0.6 is 0 Å². The summed E-state index contributed by atoms with van der Waals surface area (Å²) in [6.45, 7) is 3.60. The van der Waals surface area contributed by atoms with Crippen molar-refractivity contribution in [2.24, 2.45) is 0 Å². The van der Waals surface area contributed by atoms with E-state index in [9.17, 15) is 14.4 Å². The standard InChI is InChI=1S/C40H33NO7/c1-2-22-45-37(42)26-46-31-20-18-27(19-21-31)24-47-36-17-9-16-34(39(43)28-10-4-3-5-11-28)38(36)41-40(44)48-25-30-13-8-15-33-32-14-7-6-12-29(32)23-35(30)33/h2-21H,1,22-26H2,(H,41,44). The topological polar surface area (TPSA) is 100 Å². The number of nitrogens with one attached hydrogen (secondary N) is 1. The number of hydrogen-bond donors (Lipinski definition) is 1. The molecule has 0 radical (unpaired) electrons. The monoisotopic (exact) mass is 639 g/mol. The van der Waals surface area contributed by atoms with Crippen LogP contribution in [-0.4, -0.2) is 31.1 Å². The fourth-order valence-corrected chi connectivity index (χ4v) is 5.53. The minimum absolute atomic E-state index is 0.0639. The molecule has 8 nitrogen and oxygen atoms in total. The van der Waals surface area contributed by atoms with Crippen molar-refractivity contribution in [3.8, 4) is 22.6 Å². The van der Waals surface area contributed by atoms with Gasteiger partial charge in [0.1, 0.15) is 31.3 Å². The van der Waals surface area contributed by atoms with Crippen LogP contribution in [0.2, 0.25) is 0 Å². The summed E-state index contributed by atoms with van der Waals surface area (Å²) >= 11 is 0. The molecule has 0 fully saturated rings. The van der Waals surface area contributed by atoms with Crippen molar-refractivity contribution in [2.75, 3.05) is 18.5 Å². The zero-order valence-corrected chi connectivity index (χ0v) is 26.1. The van der Waals surface area contributed by atoms with Gasteiger partial charge in [0.25, 0.3) is 0 Å². The average molecular weight is 640 g/mol. The van der Waals surface area contributed by atoms with Crippen LogP contribution in [0.15, 0.2) is 128 Å². The molecule has 8 heteroatoms. The maximum atomic E-state index is 13.6. The van der Waals surface area contributed by atoms with Crippen molar-refractivity contribution in [3.05, 3.63) is 161 Å². The minimum atomic E-state index is -0.714. The number of anilines is 1. The van der Waals surface area contributed by atoms with E-state index in [1.54, 1.807) is 66.7 Å². The number of esters is 1. The van der Waals surface area contributed by atoms with Crippen LogP contribution in [0, 0.1) is 0 Å². The summed E-state index contributed by atoms with van der Waals surface area (Å²) in [5.74, 6) is 0.0185. The Morgan fingerprint density at radius 3 is 2.29 bits per heavy atom. The Labute approximate surface area is 278 Å². The SMILES string of the molecule is C=CCOC(=O)COc1ccc(COc2cccc(C(=O)c3ccccc3)c2NC(=O)OCc2cccc3c2Cc2ccccc2-3)cc1. The number of amides is 1. The van der Waals surface area contributed by atoms with Crippen molar-refractivity contribution >= 4 is 23.5 Å². The largest absolute Gasteiger partial charge is 0.487 e. The van der Waals surface area contributed by atoms with Gasteiger partial charge in [0, 0.05) is 5.56 Å². The molecule has 0 spiro atoms. The molecule has 5 aromatic rings. The highest BCUT2D eigenvalue weighted by atomic mass is 16.6. The maximum absolute atomic E-state index is 13.6. The molecule has 0 saturated heterocycles. The maximum Gasteiger partial charge on any atom is 0.412 e. The summed E-state index contributed by atoms with van der Waals surface area (Å²) in [4.78, 5) is 38.6. The molecule has 1 amide bonds. The summed E-state index contributed by atoms with van der Waals surface area (Å²) in [6.07, 6.45) is 1.54. The van der Waals surface area contributed by atoms with Crippen LogP contribution in [0.4, 0.5) is 10.5 Å². The molecule has 0 atom stereocenters. The van der Waals surface area contributed by atoms with Crippen molar-refractivity contribution < 1.29 is 33.3 Å². The van der Waals surface area contributed by atoms with Gasteiger partial charge in [-0.15, -0.1) is 0 Å². The van der Waals surface area contributed by atoms with E-state index < -0.39 is 12.1 Å². The highest BCUT2D eigenvalue weighted by Crippen LogP contribution is 2.38. The number of rotatable bonds is 13. The van der Waals surface area contributed by atoms with E-state index in [4.69, 9.17) is 18.9 Å². The Balaban J connectivity index is 1.17. The van der Waals surface area contributed by atoms with Gasteiger partial charge in [-0.1, -0.05) is 104 Å². The minimum Gasteiger partial charge on any atom is -0.487 e. The van der Waals surface area contributed by atoms with Gasteiger partial charge in [0.05, 0.1) is 11.3 Å². The average Bonchev–Trinajstić information content (AvgIpc) is 3.51. The molecule has 1 aliphatic rings. The first-order chi connectivity index (χ1) is 23.5. The van der Waals surface area contributed by atoms with Crippen molar-refractivity contribution in [3.63, 3.8) is 0 Å². The fraction of sp³-hybridized carbons (Fsp3) is 0.125. The van der Waals surface area contributed by atoms with Gasteiger partial charge in [-0.25, -0.2) is 9.59 Å². The Kier molecular flexibility index (Phi) is 9.92. The third-order valence-corrected chi connectivity index (χ3v) is 7.88. The number of ketones is 1. The number of fused-ring (bicyclic) bond motifs is 3. The normalized spacial score (nSPS) is 11.1. The lowest BCUT2D eigenvalue weighted by Gasteiger charge is -2.17. The second-order valence-electron chi connectivity index (χ2n) is 11.0. The van der Waals surface area contributed by atoms with Gasteiger partial charge >= 0.3 is 12.1 Å². The highest BCUT2D eigenvalue weighted by Gasteiger charge is 2.23. The lowest BCUT2D eigenvalue weighted by atomic mass is 10.0. The van der Waals surface area contributed by atoms with Crippen LogP contribution in [0.3, 0.4) is 0 Å². The molecular formula is C40H33NO7. The molecule has 240 valence electrons. The summed E-state index contributed by atoms with van der Waals surface area (Å²) in [5, 5.41) is 2.80. The fourth-order valence-electron chi connectivity index (χ4n) is 5.53. The van der Waals surface area contributed by atoms with Gasteiger partial charge in [-0.05, 0) is 64.1 Å². The number of carbonyl (C=O) groups excluding carboxylic acids is 3. The van der Waals surface area contributed by atoms with Gasteiger partial charge < -0.3 is 18.9 Å². The van der Waals surface area contributed by atoms with E-state index >= 15 is 0 Å². The number of hydrogen-bond acceptors (Lipinski definition) is 7. The second kappa shape index (κ2) is 15.0. The molecule has 48 heavy (non-hydrogen) atoms. The molecule has 1 aliphatic carbocycles. The molecule has 5 aromatic carbocycles. The third kappa shape index (κ3) is 7.45. The molecule has 1 N–H and O–H groups in total. The Bertz CT molecular complexity index is 1950. The van der Waals surface area contributed by atoms with E-state index in [2.05, 4.69) is 30.1 Å². The van der Waals surface area contributed by atoms with Crippen LogP contribution in [-0.2, 0) is 33.9 Å². The van der Waals surface area contributed by atoms with Crippen LogP contribution in [0.1, 0.15) is 38.2 Å². The Hall–Kier alpha value is -6.15. The van der Waals surface area contributed by atoms with Crippen LogP contribution in [0.5, 0.6) is 11.5 Å². The van der Waals surface area contributed by atoms with E-state index in [1.165, 1.54) is 17.2 Å². The lowest BCUT2D eigenvalue weighted by molar-refractivity contribution is -0.144. The highest BCUT2D eigenvalue weighted by molar-refractivity contribution is 6.14. The lowest BCUT2D eigenvalue weighted by Crippen LogP contribution is -2.18. The van der Waals surface area contributed by atoms with Crippen LogP contribution in [0.25, 0.3) is 11.1 Å². The molecule has 0 aliphatic heterocycles. The smallest absolute Gasteiger partial charge is 0.412 e. The molecule has 0 unspecified atom stereocenters. The summed E-state index contributed by atoms with van der Waals surface area (Å²) in [5.41, 5.74) is 7.37. The molecule has 0 saturated carbocycles. The first-order valence-electron chi connectivity index (χ1n) is 15.5. The zero-order valence-electron chi connectivity index (χ0n) is 26.1. The Morgan fingerprint density at radius 2 is 1.48 bits per heavy atom. The van der Waals surface area contributed by atoms with E-state index in [0.717, 1.165) is 28.7 Å². The first-order valence-corrected chi connectivity index (χ1v) is 15.5. The number of carbonyl (C=O) groups is 3. The van der Waals surface area contributed by atoms with Gasteiger partial charge in [0.2, 0.25) is 0 Å². The number of ether oxygens (including phenoxy) is 4. The van der Waals surface area contributed by atoms with E-state index in [1.807, 2.05) is 30.3 Å². The molecular weight excluding hydrogens is 606 g/mol. The van der Waals surface area contributed by atoms with Crippen LogP contribution < -0.4 is 14.8 Å². The van der Waals surface area contributed by atoms with Crippen molar-refractivity contribution in [1.29, 1.82) is 0 Å². The number of benzene rings is 5. The van der Waals surface area contributed by atoms with Crippen molar-refractivity contribution in [2.45, 2.75) is 19.6 Å². The second-order valence-corrected chi connectivity index (χ2v) is 11.0. The number of para-hydroxylation sites is 1. The first kappa shape index (κ1) is 31.8. The van der Waals surface area contributed by atoms with E-state index in [0.29, 0.717) is 17.1 Å². The summed E-state index contributed by atoms with van der Waals surface area (Å²) in [7, 11) is 0. The molecule has 0 bridgehead atoms. The van der Waals surface area contributed by atoms with Gasteiger partial charge in [-0.2, -0.15) is 0 Å². The molecule has 0 heterocycles. The van der Waals surface area contributed by atoms with E-state index in [-0.39, 0.29) is 43.5 Å². The predicted octanol–water partition coefficient (Wildman–Crippen LogP) is 7.92. The summed E-state index contributed by atoms with van der Waals surface area (Å²) < 4.78 is 22.3. The zero-order chi connectivity index (χ0) is 33.3. The Morgan fingerprint density at radius 1 is 0.729 bits per heavy atom. The third-order valence-electron chi connectivity index (χ3n) is 7.88. The molecule has 6 rings (SSSR count). The quantitative estimate of drug-likeness (QED) is 0.0778. The van der Waals surface area contributed by atoms with Crippen molar-refractivity contribution in [1.82, 2.24) is 0 Å². The predicted molar refractivity (Wildman–Crippen MR) is 182 cm³/mol.